The van der Waals surface area contributed by atoms with Crippen molar-refractivity contribution in [3.05, 3.63) is 0 Å². The minimum absolute atomic E-state index is 0.0336. The molecular formula is C8H12O3. The van der Waals surface area contributed by atoms with E-state index in [2.05, 4.69) is 4.74 Å². The normalized spacial score (nSPS) is 18.2. The van der Waals surface area contributed by atoms with Gasteiger partial charge in [0.15, 0.2) is 5.78 Å². The Kier molecular flexibility index (Phi) is 3.08. The molecule has 62 valence electrons. The summed E-state index contributed by atoms with van der Waals surface area (Å²) in [6.07, 6.45) is 4.22. The summed E-state index contributed by atoms with van der Waals surface area (Å²) in [6.45, 7) is 0.293. The fourth-order valence-electron chi connectivity index (χ4n) is 1.48. The quantitative estimate of drug-likeness (QED) is 0.568. The lowest BCUT2D eigenvalue weighted by atomic mass is 10.0. The molecule has 0 aromatic heterocycles. The lowest BCUT2D eigenvalue weighted by Crippen LogP contribution is -2.16. The van der Waals surface area contributed by atoms with E-state index in [-0.39, 0.29) is 18.3 Å². The van der Waals surface area contributed by atoms with Crippen molar-refractivity contribution in [1.29, 1.82) is 0 Å². The van der Waals surface area contributed by atoms with Gasteiger partial charge in [-0.15, -0.1) is 0 Å². The van der Waals surface area contributed by atoms with Crippen LogP contribution in [0.5, 0.6) is 0 Å². The minimum Gasteiger partial charge on any atom is -0.460 e. The van der Waals surface area contributed by atoms with Gasteiger partial charge in [-0.1, -0.05) is 12.8 Å². The number of ketones is 1. The molecule has 0 heterocycles. The van der Waals surface area contributed by atoms with Gasteiger partial charge in [0.2, 0.25) is 0 Å². The first-order valence-corrected chi connectivity index (χ1v) is 3.92. The van der Waals surface area contributed by atoms with Crippen LogP contribution in [0.25, 0.3) is 0 Å². The van der Waals surface area contributed by atoms with Gasteiger partial charge in [0.05, 0.1) is 0 Å². The summed E-state index contributed by atoms with van der Waals surface area (Å²) in [5.74, 6) is 0.240. The Hall–Kier alpha value is -0.860. The zero-order valence-electron chi connectivity index (χ0n) is 6.41. The van der Waals surface area contributed by atoms with Gasteiger partial charge >= 0.3 is 0 Å². The highest BCUT2D eigenvalue weighted by molar-refractivity contribution is 5.83. The Morgan fingerprint density at radius 1 is 1.45 bits per heavy atom. The molecule has 0 atom stereocenters. The van der Waals surface area contributed by atoms with E-state index >= 15 is 0 Å². The summed E-state index contributed by atoms with van der Waals surface area (Å²) in [4.78, 5) is 20.9. The Morgan fingerprint density at radius 2 is 2.09 bits per heavy atom. The second-order valence-corrected chi connectivity index (χ2v) is 2.85. The predicted octanol–water partition coefficient (Wildman–Crippen LogP) is 0.919. The van der Waals surface area contributed by atoms with Crippen LogP contribution in [0.15, 0.2) is 0 Å². The summed E-state index contributed by atoms with van der Waals surface area (Å²) in [5.41, 5.74) is 0. The third-order valence-corrected chi connectivity index (χ3v) is 2.10. The average Bonchev–Trinajstić information content (AvgIpc) is 2.52. The summed E-state index contributed by atoms with van der Waals surface area (Å²) in [7, 11) is 0. The predicted molar refractivity (Wildman–Crippen MR) is 39.0 cm³/mol. The third kappa shape index (κ3) is 2.33. The molecule has 0 spiro atoms. The number of carbonyl (C=O) groups excluding carboxylic acids is 2. The van der Waals surface area contributed by atoms with Crippen LogP contribution in [0.4, 0.5) is 0 Å². The van der Waals surface area contributed by atoms with Crippen LogP contribution in [0.1, 0.15) is 25.7 Å². The third-order valence-electron chi connectivity index (χ3n) is 2.10. The fourth-order valence-corrected chi connectivity index (χ4v) is 1.48. The molecule has 1 aliphatic rings. The van der Waals surface area contributed by atoms with Crippen molar-refractivity contribution in [2.45, 2.75) is 25.7 Å². The van der Waals surface area contributed by atoms with E-state index < -0.39 is 0 Å². The Labute approximate surface area is 65.7 Å². The van der Waals surface area contributed by atoms with E-state index in [4.69, 9.17) is 0 Å². The molecule has 0 aromatic rings. The standard InChI is InChI=1S/C8H12O3/c9-6-11-5-8(10)7-3-1-2-4-7/h6-7H,1-5H2. The van der Waals surface area contributed by atoms with Crippen LogP contribution in [-0.2, 0) is 14.3 Å². The zero-order chi connectivity index (χ0) is 8.10. The topological polar surface area (TPSA) is 43.4 Å². The van der Waals surface area contributed by atoms with E-state index in [1.54, 1.807) is 0 Å². The molecule has 0 amide bonds. The van der Waals surface area contributed by atoms with Crippen LogP contribution in [0, 0.1) is 5.92 Å². The van der Waals surface area contributed by atoms with Gasteiger partial charge in [-0.2, -0.15) is 0 Å². The average molecular weight is 156 g/mol. The molecule has 11 heavy (non-hydrogen) atoms. The summed E-state index contributed by atoms with van der Waals surface area (Å²) in [6, 6.07) is 0. The van der Waals surface area contributed by atoms with Gasteiger partial charge in [-0.05, 0) is 12.8 Å². The minimum atomic E-state index is -0.0336. The van der Waals surface area contributed by atoms with Crippen molar-refractivity contribution >= 4 is 12.3 Å². The van der Waals surface area contributed by atoms with Crippen LogP contribution in [0.3, 0.4) is 0 Å². The maximum absolute atomic E-state index is 11.1. The first-order valence-electron chi connectivity index (χ1n) is 3.92. The van der Waals surface area contributed by atoms with Gasteiger partial charge < -0.3 is 4.74 Å². The fraction of sp³-hybridized carbons (Fsp3) is 0.750. The van der Waals surface area contributed by atoms with Crippen molar-refractivity contribution in [2.24, 2.45) is 5.92 Å². The Bertz CT molecular complexity index is 147. The van der Waals surface area contributed by atoms with Crippen LogP contribution >= 0.6 is 0 Å². The molecule has 3 heteroatoms. The number of hydrogen-bond donors (Lipinski definition) is 0. The van der Waals surface area contributed by atoms with Crippen molar-refractivity contribution < 1.29 is 14.3 Å². The van der Waals surface area contributed by atoms with Gasteiger partial charge in [0.1, 0.15) is 6.61 Å². The molecule has 1 aliphatic carbocycles. The second kappa shape index (κ2) is 4.11. The van der Waals surface area contributed by atoms with E-state index in [1.807, 2.05) is 0 Å². The zero-order valence-corrected chi connectivity index (χ0v) is 6.41. The largest absolute Gasteiger partial charge is 0.460 e. The molecular weight excluding hydrogens is 144 g/mol. The summed E-state index contributed by atoms with van der Waals surface area (Å²) < 4.78 is 4.38. The van der Waals surface area contributed by atoms with E-state index in [0.29, 0.717) is 6.47 Å². The van der Waals surface area contributed by atoms with Crippen molar-refractivity contribution in [3.63, 3.8) is 0 Å². The smallest absolute Gasteiger partial charge is 0.293 e. The second-order valence-electron chi connectivity index (χ2n) is 2.85. The number of ether oxygens (including phenoxy) is 1. The molecule has 0 radical (unpaired) electrons. The maximum atomic E-state index is 11.1. The van der Waals surface area contributed by atoms with Crippen molar-refractivity contribution in [3.8, 4) is 0 Å². The number of Topliss-reactive ketones (excluding diaryl/α,β-unsaturated/α-hetero) is 1. The highest BCUT2D eigenvalue weighted by Crippen LogP contribution is 2.25. The summed E-state index contributed by atoms with van der Waals surface area (Å²) in [5, 5.41) is 0. The molecule has 1 saturated carbocycles. The van der Waals surface area contributed by atoms with Gasteiger partial charge in [-0.25, -0.2) is 0 Å². The summed E-state index contributed by atoms with van der Waals surface area (Å²) >= 11 is 0. The SMILES string of the molecule is O=COCC(=O)C1CCCC1. The molecule has 1 fully saturated rings. The highest BCUT2D eigenvalue weighted by atomic mass is 16.5. The molecule has 3 nitrogen and oxygen atoms in total. The number of carbonyl (C=O) groups is 2. The van der Waals surface area contributed by atoms with Crippen LogP contribution in [-0.4, -0.2) is 18.9 Å². The van der Waals surface area contributed by atoms with Crippen LogP contribution < -0.4 is 0 Å². The van der Waals surface area contributed by atoms with E-state index in [9.17, 15) is 9.59 Å². The number of hydrogen-bond acceptors (Lipinski definition) is 3. The van der Waals surface area contributed by atoms with E-state index in [1.165, 1.54) is 0 Å². The van der Waals surface area contributed by atoms with Crippen LogP contribution in [0.2, 0.25) is 0 Å². The van der Waals surface area contributed by atoms with Crippen molar-refractivity contribution in [1.82, 2.24) is 0 Å². The van der Waals surface area contributed by atoms with Gasteiger partial charge in [-0.3, -0.25) is 9.59 Å². The first kappa shape index (κ1) is 8.24. The van der Waals surface area contributed by atoms with Gasteiger partial charge in [0, 0.05) is 5.92 Å². The lowest BCUT2D eigenvalue weighted by Gasteiger charge is -2.04. The van der Waals surface area contributed by atoms with E-state index in [0.717, 1.165) is 25.7 Å². The Balaban J connectivity index is 2.22. The molecule has 0 aromatic carbocycles. The Morgan fingerprint density at radius 3 is 2.64 bits per heavy atom. The highest BCUT2D eigenvalue weighted by Gasteiger charge is 2.22. The molecule has 0 saturated heterocycles. The molecule has 0 bridgehead atoms. The van der Waals surface area contributed by atoms with Gasteiger partial charge in [0.25, 0.3) is 6.47 Å². The molecule has 0 aliphatic heterocycles. The first-order chi connectivity index (χ1) is 5.34. The van der Waals surface area contributed by atoms with Crippen molar-refractivity contribution in [2.75, 3.05) is 6.61 Å². The lowest BCUT2D eigenvalue weighted by molar-refractivity contribution is -0.138. The molecule has 0 unspecified atom stereocenters. The number of rotatable bonds is 4. The monoisotopic (exact) mass is 156 g/mol. The molecule has 1 rings (SSSR count). The maximum Gasteiger partial charge on any atom is 0.293 e. The molecule has 0 N–H and O–H groups in total.